The van der Waals surface area contributed by atoms with Crippen molar-refractivity contribution in [1.29, 1.82) is 0 Å². The third-order valence-corrected chi connectivity index (χ3v) is 5.44. The monoisotopic (exact) mass is 434 g/mol. The lowest BCUT2D eigenvalue weighted by molar-refractivity contribution is 0.202. The van der Waals surface area contributed by atoms with E-state index in [0.717, 1.165) is 11.1 Å². The minimum atomic E-state index is -0.150. The molecule has 0 aliphatic rings. The van der Waals surface area contributed by atoms with E-state index in [1.54, 1.807) is 12.1 Å². The molecule has 0 amide bonds. The van der Waals surface area contributed by atoms with E-state index in [-0.39, 0.29) is 37.9 Å². The van der Waals surface area contributed by atoms with Crippen LogP contribution in [0.4, 0.5) is 0 Å². The van der Waals surface area contributed by atoms with Crippen LogP contribution in [0.25, 0.3) is 32.7 Å². The number of fused-ring (bicyclic) bond motifs is 2. The quantitative estimate of drug-likeness (QED) is 0.343. The van der Waals surface area contributed by atoms with Crippen LogP contribution in [-0.2, 0) is 0 Å². The molecule has 0 bridgehead atoms. The number of phenolic OH excluding ortho intramolecular Hbond substituents is 2. The summed E-state index contributed by atoms with van der Waals surface area (Å²) < 4.78 is 11.5. The van der Waals surface area contributed by atoms with E-state index in [9.17, 15) is 20.4 Å². The first kappa shape index (κ1) is 21.7. The van der Waals surface area contributed by atoms with E-state index in [2.05, 4.69) is 0 Å². The number of benzene rings is 4. The molecule has 0 spiro atoms. The molecule has 4 aromatic carbocycles. The van der Waals surface area contributed by atoms with Gasteiger partial charge in [-0.2, -0.15) is 0 Å². The summed E-state index contributed by atoms with van der Waals surface area (Å²) in [7, 11) is 0. The zero-order valence-electron chi connectivity index (χ0n) is 18.1. The number of hydrogen-bond donors (Lipinski definition) is 4. The second-order valence-electron chi connectivity index (χ2n) is 7.78. The van der Waals surface area contributed by atoms with Gasteiger partial charge in [-0.05, 0) is 38.1 Å². The Hall–Kier alpha value is -3.48. The summed E-state index contributed by atoms with van der Waals surface area (Å²) >= 11 is 0. The van der Waals surface area contributed by atoms with Crippen LogP contribution in [-0.4, -0.2) is 46.9 Å². The Balaban J connectivity index is 2.03. The molecule has 0 saturated carbocycles. The summed E-state index contributed by atoms with van der Waals surface area (Å²) in [5.41, 5.74) is 2.68. The maximum atomic E-state index is 11.2. The van der Waals surface area contributed by atoms with E-state index < -0.39 is 0 Å². The van der Waals surface area contributed by atoms with Gasteiger partial charge in [0.2, 0.25) is 0 Å². The summed E-state index contributed by atoms with van der Waals surface area (Å²) in [5, 5.41) is 43.5. The van der Waals surface area contributed by atoms with E-state index >= 15 is 0 Å². The second-order valence-corrected chi connectivity index (χ2v) is 7.78. The Bertz CT molecular complexity index is 1190. The predicted molar refractivity (Wildman–Crippen MR) is 125 cm³/mol. The Labute approximate surface area is 185 Å². The third-order valence-electron chi connectivity index (χ3n) is 5.44. The van der Waals surface area contributed by atoms with Gasteiger partial charge >= 0.3 is 0 Å². The maximum Gasteiger partial charge on any atom is 0.131 e. The third kappa shape index (κ3) is 3.90. The van der Waals surface area contributed by atoms with Crippen molar-refractivity contribution in [3.8, 4) is 34.1 Å². The van der Waals surface area contributed by atoms with E-state index in [0.29, 0.717) is 44.2 Å². The molecule has 6 nitrogen and oxygen atoms in total. The predicted octanol–water partition coefficient (Wildman–Crippen LogP) is 4.43. The van der Waals surface area contributed by atoms with Crippen LogP contribution in [0.2, 0.25) is 0 Å². The fourth-order valence-corrected chi connectivity index (χ4v) is 3.94. The van der Waals surface area contributed by atoms with Crippen LogP contribution in [0, 0.1) is 13.8 Å². The van der Waals surface area contributed by atoms with Crippen LogP contribution in [0.15, 0.2) is 48.5 Å². The fraction of sp³-hybridized carbons (Fsp3) is 0.231. The van der Waals surface area contributed by atoms with Gasteiger partial charge in [0.1, 0.15) is 36.2 Å². The molecule has 0 saturated heterocycles. The van der Waals surface area contributed by atoms with E-state index in [4.69, 9.17) is 9.47 Å². The van der Waals surface area contributed by atoms with Crippen molar-refractivity contribution in [1.82, 2.24) is 0 Å². The molecular weight excluding hydrogens is 408 g/mol. The highest BCUT2D eigenvalue weighted by Gasteiger charge is 2.20. The zero-order chi connectivity index (χ0) is 22.8. The fourth-order valence-electron chi connectivity index (χ4n) is 3.94. The van der Waals surface area contributed by atoms with Crippen molar-refractivity contribution < 1.29 is 29.9 Å². The number of ether oxygens (including phenoxy) is 2. The molecule has 0 aromatic heterocycles. The standard InChI is InChI=1S/C26H26O6/c1-15-3-5-17-19(11-15)25(29)21(13-23(17)31-9-7-27)22-14-24(32-10-8-28)18-6-4-16(2)12-20(18)26(22)30/h3-6,11-14,27-30H,7-10H2,1-2H3. The summed E-state index contributed by atoms with van der Waals surface area (Å²) in [6, 6.07) is 14.6. The van der Waals surface area contributed by atoms with Crippen LogP contribution in [0.1, 0.15) is 11.1 Å². The number of aryl methyl sites for hydroxylation is 2. The number of phenols is 2. The minimum Gasteiger partial charge on any atom is -0.507 e. The Morgan fingerprint density at radius 1 is 0.594 bits per heavy atom. The molecule has 6 heteroatoms. The van der Waals surface area contributed by atoms with Gasteiger partial charge in [0, 0.05) is 32.7 Å². The van der Waals surface area contributed by atoms with Gasteiger partial charge in [-0.25, -0.2) is 0 Å². The van der Waals surface area contributed by atoms with Crippen molar-refractivity contribution in [2.75, 3.05) is 26.4 Å². The SMILES string of the molecule is Cc1ccc2c(OCCO)cc(-c3cc(OCCO)c4ccc(C)cc4c3O)c(O)c2c1. The molecule has 166 valence electrons. The number of aliphatic hydroxyl groups excluding tert-OH is 2. The number of hydrogen-bond acceptors (Lipinski definition) is 6. The molecule has 4 N–H and O–H groups in total. The van der Waals surface area contributed by atoms with Crippen LogP contribution < -0.4 is 9.47 Å². The molecular formula is C26H26O6. The van der Waals surface area contributed by atoms with Crippen molar-refractivity contribution in [3.05, 3.63) is 59.7 Å². The molecule has 32 heavy (non-hydrogen) atoms. The minimum absolute atomic E-state index is 0.00968. The molecule has 0 aliphatic heterocycles. The number of rotatable bonds is 7. The van der Waals surface area contributed by atoms with E-state index in [1.165, 1.54) is 0 Å². The summed E-state index contributed by atoms with van der Waals surface area (Å²) in [4.78, 5) is 0. The van der Waals surface area contributed by atoms with Gasteiger partial charge in [-0.15, -0.1) is 0 Å². The van der Waals surface area contributed by atoms with Crippen LogP contribution in [0.3, 0.4) is 0 Å². The highest BCUT2D eigenvalue weighted by molar-refractivity contribution is 6.04. The maximum absolute atomic E-state index is 11.2. The highest BCUT2D eigenvalue weighted by atomic mass is 16.5. The van der Waals surface area contributed by atoms with Crippen LogP contribution >= 0.6 is 0 Å². The highest BCUT2D eigenvalue weighted by Crippen LogP contribution is 2.48. The smallest absolute Gasteiger partial charge is 0.131 e. The van der Waals surface area contributed by atoms with E-state index in [1.807, 2.05) is 50.2 Å². The van der Waals surface area contributed by atoms with Crippen molar-refractivity contribution >= 4 is 21.5 Å². The second kappa shape index (κ2) is 8.94. The molecule has 0 radical (unpaired) electrons. The topological polar surface area (TPSA) is 99.4 Å². The van der Waals surface area contributed by atoms with Crippen LogP contribution in [0.5, 0.6) is 23.0 Å². The molecule has 0 fully saturated rings. The lowest BCUT2D eigenvalue weighted by atomic mass is 9.94. The van der Waals surface area contributed by atoms with Gasteiger partial charge in [-0.1, -0.05) is 35.4 Å². The Kier molecular flexibility index (Phi) is 6.08. The van der Waals surface area contributed by atoms with Gasteiger partial charge in [-0.3, -0.25) is 0 Å². The molecule has 0 heterocycles. The first-order valence-corrected chi connectivity index (χ1v) is 10.4. The first-order valence-electron chi connectivity index (χ1n) is 10.4. The number of aromatic hydroxyl groups is 2. The van der Waals surface area contributed by atoms with Crippen molar-refractivity contribution in [3.63, 3.8) is 0 Å². The van der Waals surface area contributed by atoms with Gasteiger partial charge in [0.05, 0.1) is 13.2 Å². The van der Waals surface area contributed by atoms with Gasteiger partial charge in [0.25, 0.3) is 0 Å². The average molecular weight is 434 g/mol. The molecule has 0 atom stereocenters. The average Bonchev–Trinajstić information content (AvgIpc) is 2.79. The lowest BCUT2D eigenvalue weighted by Gasteiger charge is -2.18. The molecule has 4 rings (SSSR count). The van der Waals surface area contributed by atoms with Crippen molar-refractivity contribution in [2.45, 2.75) is 13.8 Å². The summed E-state index contributed by atoms with van der Waals surface area (Å²) in [5.74, 6) is 0.998. The zero-order valence-corrected chi connectivity index (χ0v) is 18.1. The first-order chi connectivity index (χ1) is 15.4. The molecule has 0 aliphatic carbocycles. The molecule has 4 aromatic rings. The Morgan fingerprint density at radius 2 is 1.00 bits per heavy atom. The number of aliphatic hydroxyl groups is 2. The summed E-state index contributed by atoms with van der Waals surface area (Å²) in [6.45, 7) is 3.75. The van der Waals surface area contributed by atoms with Gasteiger partial charge < -0.3 is 29.9 Å². The summed E-state index contributed by atoms with van der Waals surface area (Å²) in [6.07, 6.45) is 0. The normalized spacial score (nSPS) is 11.2. The van der Waals surface area contributed by atoms with Gasteiger partial charge in [0.15, 0.2) is 0 Å². The largest absolute Gasteiger partial charge is 0.507 e. The lowest BCUT2D eigenvalue weighted by Crippen LogP contribution is -2.03. The molecule has 0 unspecified atom stereocenters. The Morgan fingerprint density at radius 3 is 1.38 bits per heavy atom. The van der Waals surface area contributed by atoms with Crippen molar-refractivity contribution in [2.24, 2.45) is 0 Å².